The smallest absolute Gasteiger partial charge is 0.308 e. The van der Waals surface area contributed by atoms with E-state index in [9.17, 15) is 9.59 Å². The topological polar surface area (TPSA) is 73.2 Å². The lowest BCUT2D eigenvalue weighted by molar-refractivity contribution is -0.146. The van der Waals surface area contributed by atoms with Crippen LogP contribution in [0.2, 0.25) is 0 Å². The number of nitrogens with zero attached hydrogens (tertiary/aromatic N) is 2. The average Bonchev–Trinajstić information content (AvgIpc) is 3.25. The maximum atomic E-state index is 13.3. The SMILES string of the molecule is COC(=O)[C@H]1CC[C@H](CNC(=O)c2cc3ccccc3n2Cc2ccc3ccccc3n2)CC1. The van der Waals surface area contributed by atoms with Crippen LogP contribution in [-0.2, 0) is 16.1 Å². The number of carbonyl (C=O) groups excluding carboxylic acids is 2. The van der Waals surface area contributed by atoms with Crippen LogP contribution in [0.25, 0.3) is 21.8 Å². The molecule has 0 saturated heterocycles. The van der Waals surface area contributed by atoms with Crippen molar-refractivity contribution in [3.63, 3.8) is 0 Å². The molecule has 1 fully saturated rings. The minimum atomic E-state index is -0.116. The molecule has 2 aromatic carbocycles. The second-order valence-electron chi connectivity index (χ2n) is 9.12. The number of aromatic nitrogens is 2. The molecule has 0 bridgehead atoms. The van der Waals surface area contributed by atoms with Gasteiger partial charge in [-0.2, -0.15) is 0 Å². The molecule has 174 valence electrons. The Morgan fingerprint density at radius 3 is 2.50 bits per heavy atom. The lowest BCUT2D eigenvalue weighted by atomic mass is 9.82. The Kier molecular flexibility index (Phi) is 6.30. The van der Waals surface area contributed by atoms with Gasteiger partial charge in [0.25, 0.3) is 5.91 Å². The molecular formula is C28H29N3O3. The van der Waals surface area contributed by atoms with E-state index in [4.69, 9.17) is 9.72 Å². The second-order valence-corrected chi connectivity index (χ2v) is 9.12. The van der Waals surface area contributed by atoms with E-state index in [1.165, 1.54) is 7.11 Å². The van der Waals surface area contributed by atoms with Crippen LogP contribution in [0.1, 0.15) is 41.9 Å². The lowest BCUT2D eigenvalue weighted by Gasteiger charge is -2.27. The molecule has 6 heteroatoms. The molecule has 1 amide bonds. The summed E-state index contributed by atoms with van der Waals surface area (Å²) in [6, 6.07) is 22.2. The fraction of sp³-hybridized carbons (Fsp3) is 0.321. The molecule has 1 aliphatic carbocycles. The fourth-order valence-corrected chi connectivity index (χ4v) is 5.02. The maximum Gasteiger partial charge on any atom is 0.308 e. The monoisotopic (exact) mass is 455 g/mol. The van der Waals surface area contributed by atoms with Gasteiger partial charge in [0.1, 0.15) is 5.69 Å². The van der Waals surface area contributed by atoms with Gasteiger partial charge < -0.3 is 14.6 Å². The molecule has 0 unspecified atom stereocenters. The quantitative estimate of drug-likeness (QED) is 0.418. The van der Waals surface area contributed by atoms with Gasteiger partial charge in [0.2, 0.25) is 0 Å². The molecule has 5 rings (SSSR count). The largest absolute Gasteiger partial charge is 0.469 e. The van der Waals surface area contributed by atoms with Crippen LogP contribution < -0.4 is 5.32 Å². The molecule has 2 heterocycles. The summed E-state index contributed by atoms with van der Waals surface area (Å²) in [7, 11) is 1.45. The van der Waals surface area contributed by atoms with Crippen LogP contribution in [0.3, 0.4) is 0 Å². The fourth-order valence-electron chi connectivity index (χ4n) is 5.02. The number of rotatable bonds is 6. The summed E-state index contributed by atoms with van der Waals surface area (Å²) in [4.78, 5) is 29.9. The predicted octanol–water partition coefficient (Wildman–Crippen LogP) is 4.95. The van der Waals surface area contributed by atoms with Crippen LogP contribution in [0.4, 0.5) is 0 Å². The highest BCUT2D eigenvalue weighted by atomic mass is 16.5. The van der Waals surface area contributed by atoms with E-state index in [0.29, 0.717) is 24.7 Å². The Morgan fingerprint density at radius 1 is 0.971 bits per heavy atom. The highest BCUT2D eigenvalue weighted by Gasteiger charge is 2.27. The number of fused-ring (bicyclic) bond motifs is 2. The van der Waals surface area contributed by atoms with Crippen molar-refractivity contribution in [2.75, 3.05) is 13.7 Å². The Hall–Kier alpha value is -3.67. The van der Waals surface area contributed by atoms with Crippen LogP contribution in [0.5, 0.6) is 0 Å². The highest BCUT2D eigenvalue weighted by Crippen LogP contribution is 2.29. The standard InChI is InChI=1S/C28H29N3O3/c1-34-28(33)21-12-10-19(11-13-21)17-29-27(32)26-16-22-7-3-5-9-25(22)31(26)18-23-15-14-20-6-2-4-8-24(20)30-23/h2-9,14-16,19,21H,10-13,17-18H2,1H3,(H,29,32)/t19-,21-. The third kappa shape index (κ3) is 4.53. The molecular weight excluding hydrogens is 426 g/mol. The van der Waals surface area contributed by atoms with Crippen molar-refractivity contribution >= 4 is 33.7 Å². The van der Waals surface area contributed by atoms with Crippen molar-refractivity contribution in [2.24, 2.45) is 11.8 Å². The second kappa shape index (κ2) is 9.67. The molecule has 0 spiro atoms. The maximum absolute atomic E-state index is 13.3. The highest BCUT2D eigenvalue weighted by molar-refractivity contribution is 5.98. The van der Waals surface area contributed by atoms with Crippen molar-refractivity contribution in [1.29, 1.82) is 0 Å². The van der Waals surface area contributed by atoms with Crippen LogP contribution in [0.15, 0.2) is 66.7 Å². The Balaban J connectivity index is 1.33. The predicted molar refractivity (Wildman–Crippen MR) is 133 cm³/mol. The summed E-state index contributed by atoms with van der Waals surface area (Å²) in [6.45, 7) is 1.13. The van der Waals surface area contributed by atoms with E-state index in [1.54, 1.807) is 0 Å². The third-order valence-corrected chi connectivity index (χ3v) is 6.95. The first kappa shape index (κ1) is 22.1. The van der Waals surface area contributed by atoms with Crippen molar-refractivity contribution < 1.29 is 14.3 Å². The lowest BCUT2D eigenvalue weighted by Crippen LogP contribution is -2.33. The molecule has 4 aromatic rings. The van der Waals surface area contributed by atoms with Gasteiger partial charge in [-0.25, -0.2) is 0 Å². The minimum absolute atomic E-state index is 0.00561. The molecule has 0 atom stereocenters. The van der Waals surface area contributed by atoms with E-state index in [0.717, 1.165) is 53.2 Å². The van der Waals surface area contributed by atoms with Gasteiger partial charge in [-0.15, -0.1) is 0 Å². The molecule has 1 N–H and O–H groups in total. The van der Waals surface area contributed by atoms with E-state index in [-0.39, 0.29) is 17.8 Å². The number of hydrogen-bond acceptors (Lipinski definition) is 4. The zero-order chi connectivity index (χ0) is 23.5. The first-order valence-electron chi connectivity index (χ1n) is 11.9. The van der Waals surface area contributed by atoms with E-state index >= 15 is 0 Å². The Labute approximate surface area is 198 Å². The first-order valence-corrected chi connectivity index (χ1v) is 11.9. The third-order valence-electron chi connectivity index (χ3n) is 6.95. The van der Waals surface area contributed by atoms with E-state index in [1.807, 2.05) is 54.6 Å². The first-order chi connectivity index (χ1) is 16.6. The molecule has 6 nitrogen and oxygen atoms in total. The van der Waals surface area contributed by atoms with Gasteiger partial charge in [0, 0.05) is 22.8 Å². The van der Waals surface area contributed by atoms with E-state index < -0.39 is 0 Å². The molecule has 0 aliphatic heterocycles. The number of esters is 1. The summed E-state index contributed by atoms with van der Waals surface area (Å²) >= 11 is 0. The molecule has 34 heavy (non-hydrogen) atoms. The van der Waals surface area contributed by atoms with Crippen molar-refractivity contribution in [3.05, 3.63) is 78.1 Å². The van der Waals surface area contributed by atoms with Crippen molar-refractivity contribution in [1.82, 2.24) is 14.9 Å². The summed E-state index contributed by atoms with van der Waals surface area (Å²) in [5.41, 5.74) is 3.51. The molecule has 1 aliphatic rings. The van der Waals surface area contributed by atoms with E-state index in [2.05, 4.69) is 22.0 Å². The van der Waals surface area contributed by atoms with Crippen molar-refractivity contribution in [2.45, 2.75) is 32.2 Å². The zero-order valence-electron chi connectivity index (χ0n) is 19.4. The van der Waals surface area contributed by atoms with Crippen molar-refractivity contribution in [3.8, 4) is 0 Å². The molecule has 0 radical (unpaired) electrons. The van der Waals surface area contributed by atoms with Gasteiger partial charge in [0.15, 0.2) is 0 Å². The molecule has 2 aromatic heterocycles. The number of methoxy groups -OCH3 is 1. The van der Waals surface area contributed by atoms with Crippen LogP contribution in [-0.4, -0.2) is 35.1 Å². The van der Waals surface area contributed by atoms with Gasteiger partial charge in [-0.1, -0.05) is 42.5 Å². The van der Waals surface area contributed by atoms with Gasteiger partial charge in [0.05, 0.1) is 30.8 Å². The zero-order valence-corrected chi connectivity index (χ0v) is 19.4. The molecule has 1 saturated carbocycles. The van der Waals surface area contributed by atoms with Gasteiger partial charge in [-0.3, -0.25) is 14.6 Å². The summed E-state index contributed by atoms with van der Waals surface area (Å²) < 4.78 is 6.93. The van der Waals surface area contributed by atoms with Gasteiger partial charge in [-0.05, 0) is 55.9 Å². The normalized spacial score (nSPS) is 18.1. The number of benzene rings is 2. The number of pyridine rings is 1. The minimum Gasteiger partial charge on any atom is -0.469 e. The Morgan fingerprint density at radius 2 is 1.71 bits per heavy atom. The number of carbonyl (C=O) groups is 2. The number of para-hydroxylation sites is 2. The summed E-state index contributed by atoms with van der Waals surface area (Å²) in [6.07, 6.45) is 3.48. The number of nitrogens with one attached hydrogen (secondary N) is 1. The van der Waals surface area contributed by atoms with Crippen LogP contribution >= 0.6 is 0 Å². The van der Waals surface area contributed by atoms with Gasteiger partial charge >= 0.3 is 5.97 Å². The summed E-state index contributed by atoms with van der Waals surface area (Å²) in [5.74, 6) is 0.181. The number of hydrogen-bond donors (Lipinski definition) is 1. The summed E-state index contributed by atoms with van der Waals surface area (Å²) in [5, 5.41) is 5.28. The van der Waals surface area contributed by atoms with Crippen LogP contribution in [0, 0.1) is 11.8 Å². The Bertz CT molecular complexity index is 1340. The number of amides is 1. The average molecular weight is 456 g/mol. The number of ether oxygens (including phenoxy) is 1.